The Kier molecular flexibility index (Phi) is 6.58. The lowest BCUT2D eigenvalue weighted by Gasteiger charge is -2.28. The van der Waals surface area contributed by atoms with Crippen LogP contribution in [0.2, 0.25) is 0 Å². The molecule has 1 heterocycles. The second kappa shape index (κ2) is 7.70. The van der Waals surface area contributed by atoms with Crippen LogP contribution in [-0.2, 0) is 9.47 Å². The third-order valence-corrected chi connectivity index (χ3v) is 3.01. The van der Waals surface area contributed by atoms with Crippen molar-refractivity contribution in [2.24, 2.45) is 0 Å². The van der Waals surface area contributed by atoms with Gasteiger partial charge < -0.3 is 19.7 Å². The minimum atomic E-state index is -0.424. The summed E-state index contributed by atoms with van der Waals surface area (Å²) in [6.45, 7) is 11.6. The second-order valence-electron chi connectivity index (χ2n) is 5.87. The lowest BCUT2D eigenvalue weighted by molar-refractivity contribution is 0.0225. The Balaban J connectivity index is 2.31. The lowest BCUT2D eigenvalue weighted by atomic mass is 10.2. The molecule has 1 unspecified atom stereocenters. The molecule has 5 heteroatoms. The van der Waals surface area contributed by atoms with Crippen molar-refractivity contribution in [1.29, 1.82) is 0 Å². The topological polar surface area (TPSA) is 50.8 Å². The minimum Gasteiger partial charge on any atom is -0.444 e. The maximum Gasteiger partial charge on any atom is 0.410 e. The molecule has 5 nitrogen and oxygen atoms in total. The van der Waals surface area contributed by atoms with Crippen molar-refractivity contribution in [2.45, 2.75) is 52.2 Å². The molecule has 1 rings (SSSR count). The van der Waals surface area contributed by atoms with Crippen LogP contribution < -0.4 is 5.32 Å². The van der Waals surface area contributed by atoms with Gasteiger partial charge in [-0.1, -0.05) is 0 Å². The highest BCUT2D eigenvalue weighted by molar-refractivity contribution is 5.69. The first-order chi connectivity index (χ1) is 8.94. The molecular weight excluding hydrogens is 244 g/mol. The number of nitrogens with one attached hydrogen (secondary N) is 1. The van der Waals surface area contributed by atoms with Gasteiger partial charge >= 0.3 is 6.09 Å². The van der Waals surface area contributed by atoms with E-state index < -0.39 is 5.60 Å². The summed E-state index contributed by atoms with van der Waals surface area (Å²) in [5.74, 6) is 0. The summed E-state index contributed by atoms with van der Waals surface area (Å²) in [7, 11) is 0. The largest absolute Gasteiger partial charge is 0.444 e. The van der Waals surface area contributed by atoms with E-state index in [1.807, 2.05) is 32.6 Å². The van der Waals surface area contributed by atoms with Crippen LogP contribution in [0, 0.1) is 0 Å². The SMILES string of the molecule is CCOCCNCC1CCCN1C(=O)OC(C)(C)C. The van der Waals surface area contributed by atoms with E-state index in [2.05, 4.69) is 5.32 Å². The molecule has 1 aliphatic heterocycles. The number of hydrogen-bond donors (Lipinski definition) is 1. The maximum absolute atomic E-state index is 12.1. The number of amides is 1. The highest BCUT2D eigenvalue weighted by Crippen LogP contribution is 2.20. The van der Waals surface area contributed by atoms with E-state index in [9.17, 15) is 4.79 Å². The summed E-state index contributed by atoms with van der Waals surface area (Å²) in [5, 5.41) is 3.34. The average Bonchev–Trinajstić information content (AvgIpc) is 2.75. The van der Waals surface area contributed by atoms with Crippen LogP contribution in [0.1, 0.15) is 40.5 Å². The number of likely N-dealkylation sites (tertiary alicyclic amines) is 1. The van der Waals surface area contributed by atoms with Crippen molar-refractivity contribution in [3.63, 3.8) is 0 Å². The van der Waals surface area contributed by atoms with Crippen LogP contribution in [0.5, 0.6) is 0 Å². The Morgan fingerprint density at radius 3 is 2.79 bits per heavy atom. The highest BCUT2D eigenvalue weighted by atomic mass is 16.6. The highest BCUT2D eigenvalue weighted by Gasteiger charge is 2.31. The van der Waals surface area contributed by atoms with Crippen LogP contribution in [0.3, 0.4) is 0 Å². The molecule has 1 atom stereocenters. The number of nitrogens with zero attached hydrogens (tertiary/aromatic N) is 1. The van der Waals surface area contributed by atoms with E-state index >= 15 is 0 Å². The van der Waals surface area contributed by atoms with E-state index in [0.717, 1.165) is 45.7 Å². The van der Waals surface area contributed by atoms with E-state index in [1.54, 1.807) is 0 Å². The van der Waals surface area contributed by atoms with Gasteiger partial charge in [0.2, 0.25) is 0 Å². The molecule has 0 radical (unpaired) electrons. The third kappa shape index (κ3) is 6.25. The van der Waals surface area contributed by atoms with E-state index in [1.165, 1.54) is 0 Å². The zero-order chi connectivity index (χ0) is 14.3. The standard InChI is InChI=1S/C14H28N2O3/c1-5-18-10-8-15-11-12-7-6-9-16(12)13(17)19-14(2,3)4/h12,15H,5-11H2,1-4H3. The predicted molar refractivity (Wildman–Crippen MR) is 75.3 cm³/mol. The van der Waals surface area contributed by atoms with Crippen LogP contribution >= 0.6 is 0 Å². The molecule has 1 N–H and O–H groups in total. The normalized spacial score (nSPS) is 19.8. The molecule has 0 aromatic heterocycles. The van der Waals surface area contributed by atoms with Crippen LogP contribution in [0.4, 0.5) is 4.79 Å². The summed E-state index contributed by atoms with van der Waals surface area (Å²) in [4.78, 5) is 13.9. The van der Waals surface area contributed by atoms with Gasteiger partial charge in [0.1, 0.15) is 5.60 Å². The second-order valence-corrected chi connectivity index (χ2v) is 5.87. The fourth-order valence-corrected chi connectivity index (χ4v) is 2.17. The Bertz CT molecular complexity index is 276. The maximum atomic E-state index is 12.1. The molecular formula is C14H28N2O3. The monoisotopic (exact) mass is 272 g/mol. The van der Waals surface area contributed by atoms with Gasteiger partial charge in [0.15, 0.2) is 0 Å². The molecule has 1 saturated heterocycles. The number of carbonyl (C=O) groups excluding carboxylic acids is 1. The Morgan fingerprint density at radius 2 is 2.16 bits per heavy atom. The van der Waals surface area contributed by atoms with Crippen molar-refractivity contribution in [1.82, 2.24) is 10.2 Å². The van der Waals surface area contributed by atoms with E-state index in [-0.39, 0.29) is 12.1 Å². The van der Waals surface area contributed by atoms with Gasteiger partial charge in [-0.05, 0) is 40.5 Å². The van der Waals surface area contributed by atoms with Crippen molar-refractivity contribution >= 4 is 6.09 Å². The van der Waals surface area contributed by atoms with Crippen molar-refractivity contribution < 1.29 is 14.3 Å². The Hall–Kier alpha value is -0.810. The van der Waals surface area contributed by atoms with Crippen molar-refractivity contribution in [3.8, 4) is 0 Å². The summed E-state index contributed by atoms with van der Waals surface area (Å²) >= 11 is 0. The lowest BCUT2D eigenvalue weighted by Crippen LogP contribution is -2.44. The number of ether oxygens (including phenoxy) is 2. The Labute approximate surface area is 116 Å². The minimum absolute atomic E-state index is 0.193. The molecule has 0 bridgehead atoms. The first-order valence-corrected chi connectivity index (χ1v) is 7.22. The quantitative estimate of drug-likeness (QED) is 0.752. The first kappa shape index (κ1) is 16.2. The molecule has 0 aromatic rings. The van der Waals surface area contributed by atoms with Gasteiger partial charge in [-0.2, -0.15) is 0 Å². The number of hydrogen-bond acceptors (Lipinski definition) is 4. The molecule has 0 aliphatic carbocycles. The van der Waals surface area contributed by atoms with Crippen LogP contribution in [-0.4, -0.2) is 55.5 Å². The van der Waals surface area contributed by atoms with E-state index in [4.69, 9.17) is 9.47 Å². The molecule has 19 heavy (non-hydrogen) atoms. The summed E-state index contributed by atoms with van der Waals surface area (Å²) < 4.78 is 10.7. The molecule has 1 amide bonds. The van der Waals surface area contributed by atoms with Gasteiger partial charge in [-0.25, -0.2) is 4.79 Å². The summed E-state index contributed by atoms with van der Waals surface area (Å²) in [5.41, 5.74) is -0.424. The molecule has 0 aromatic carbocycles. The predicted octanol–water partition coefficient (Wildman–Crippen LogP) is 2.01. The first-order valence-electron chi connectivity index (χ1n) is 7.22. The summed E-state index contributed by atoms with van der Waals surface area (Å²) in [6.07, 6.45) is 1.90. The number of rotatable bonds is 6. The van der Waals surface area contributed by atoms with Gasteiger partial charge in [0.25, 0.3) is 0 Å². The molecule has 0 saturated carbocycles. The van der Waals surface area contributed by atoms with Crippen molar-refractivity contribution in [2.75, 3.05) is 32.8 Å². The zero-order valence-electron chi connectivity index (χ0n) is 12.7. The smallest absolute Gasteiger partial charge is 0.410 e. The van der Waals surface area contributed by atoms with Gasteiger partial charge in [-0.15, -0.1) is 0 Å². The fraction of sp³-hybridized carbons (Fsp3) is 0.929. The van der Waals surface area contributed by atoms with Gasteiger partial charge in [-0.3, -0.25) is 0 Å². The van der Waals surface area contributed by atoms with E-state index in [0.29, 0.717) is 0 Å². The molecule has 1 fully saturated rings. The fourth-order valence-electron chi connectivity index (χ4n) is 2.17. The molecule has 112 valence electrons. The Morgan fingerprint density at radius 1 is 1.42 bits per heavy atom. The van der Waals surface area contributed by atoms with Gasteiger partial charge in [0.05, 0.1) is 6.61 Å². The van der Waals surface area contributed by atoms with Crippen molar-refractivity contribution in [3.05, 3.63) is 0 Å². The number of carbonyl (C=O) groups is 1. The molecule has 0 spiro atoms. The van der Waals surface area contributed by atoms with Gasteiger partial charge in [0, 0.05) is 32.3 Å². The third-order valence-electron chi connectivity index (χ3n) is 3.01. The van der Waals surface area contributed by atoms with Crippen LogP contribution in [0.25, 0.3) is 0 Å². The molecule has 1 aliphatic rings. The van der Waals surface area contributed by atoms with Crippen LogP contribution in [0.15, 0.2) is 0 Å². The zero-order valence-corrected chi connectivity index (χ0v) is 12.7. The average molecular weight is 272 g/mol. The summed E-state index contributed by atoms with van der Waals surface area (Å²) in [6, 6.07) is 0.247.